The summed E-state index contributed by atoms with van der Waals surface area (Å²) in [6, 6.07) is 18.2. The van der Waals surface area contributed by atoms with Crippen molar-refractivity contribution in [2.45, 2.75) is 6.92 Å². The Labute approximate surface area is 128 Å². The molecule has 3 rings (SSSR count). The fraction of sp³-hybridized carbons (Fsp3) is 0.111. The third kappa shape index (κ3) is 2.63. The normalized spacial score (nSPS) is 10.5. The van der Waals surface area contributed by atoms with Crippen molar-refractivity contribution in [1.82, 2.24) is 9.97 Å². The van der Waals surface area contributed by atoms with E-state index >= 15 is 0 Å². The van der Waals surface area contributed by atoms with Crippen molar-refractivity contribution >= 4 is 5.97 Å². The molecule has 22 heavy (non-hydrogen) atoms. The molecule has 0 saturated carbocycles. The summed E-state index contributed by atoms with van der Waals surface area (Å²) in [7, 11) is 1.35. The van der Waals surface area contributed by atoms with Crippen LogP contribution >= 0.6 is 0 Å². The Morgan fingerprint density at radius 2 is 1.68 bits per heavy atom. The minimum absolute atomic E-state index is 0.322. The second kappa shape index (κ2) is 5.85. The molecule has 0 bridgehead atoms. The van der Waals surface area contributed by atoms with Crippen LogP contribution < -0.4 is 0 Å². The van der Waals surface area contributed by atoms with Gasteiger partial charge in [-0.05, 0) is 24.1 Å². The number of aromatic nitrogens is 2. The minimum atomic E-state index is -0.431. The molecule has 0 atom stereocenters. The summed E-state index contributed by atoms with van der Waals surface area (Å²) < 4.78 is 4.74. The number of hydrogen-bond acceptors (Lipinski definition) is 3. The highest BCUT2D eigenvalue weighted by Crippen LogP contribution is 2.25. The first-order valence-electron chi connectivity index (χ1n) is 7.00. The van der Waals surface area contributed by atoms with E-state index in [1.54, 1.807) is 0 Å². The van der Waals surface area contributed by atoms with Gasteiger partial charge in [0.2, 0.25) is 0 Å². The lowest BCUT2D eigenvalue weighted by Gasteiger charge is -2.03. The summed E-state index contributed by atoms with van der Waals surface area (Å²) in [5.41, 5.74) is 4.20. The Morgan fingerprint density at radius 1 is 1.00 bits per heavy atom. The number of methoxy groups -OCH3 is 1. The summed E-state index contributed by atoms with van der Waals surface area (Å²) in [4.78, 5) is 19.2. The van der Waals surface area contributed by atoms with Crippen LogP contribution in [0.2, 0.25) is 0 Å². The van der Waals surface area contributed by atoms with Crippen LogP contribution in [0.25, 0.3) is 22.5 Å². The van der Waals surface area contributed by atoms with Gasteiger partial charge in [0, 0.05) is 11.3 Å². The maximum absolute atomic E-state index is 11.7. The second-order valence-corrected chi connectivity index (χ2v) is 5.00. The summed E-state index contributed by atoms with van der Waals surface area (Å²) >= 11 is 0. The predicted molar refractivity (Wildman–Crippen MR) is 85.5 cm³/mol. The van der Waals surface area contributed by atoms with E-state index in [2.05, 4.69) is 34.2 Å². The zero-order chi connectivity index (χ0) is 15.5. The van der Waals surface area contributed by atoms with Crippen molar-refractivity contribution in [2.75, 3.05) is 7.11 Å². The summed E-state index contributed by atoms with van der Waals surface area (Å²) in [5.74, 6) is 0.231. The number of imidazole rings is 1. The molecule has 0 radical (unpaired) electrons. The quantitative estimate of drug-likeness (QED) is 0.746. The largest absolute Gasteiger partial charge is 0.464 e. The Kier molecular flexibility index (Phi) is 3.74. The van der Waals surface area contributed by atoms with E-state index in [9.17, 15) is 4.79 Å². The Bertz CT molecular complexity index is 807. The predicted octanol–water partition coefficient (Wildman–Crippen LogP) is 3.84. The molecule has 2 aromatic carbocycles. The number of rotatable bonds is 3. The van der Waals surface area contributed by atoms with Crippen molar-refractivity contribution < 1.29 is 9.53 Å². The molecule has 0 saturated heterocycles. The molecule has 1 N–H and O–H groups in total. The van der Waals surface area contributed by atoms with Crippen LogP contribution in [0.4, 0.5) is 0 Å². The van der Waals surface area contributed by atoms with E-state index in [0.717, 1.165) is 16.7 Å². The van der Waals surface area contributed by atoms with E-state index in [-0.39, 0.29) is 0 Å². The molecule has 1 aromatic heterocycles. The van der Waals surface area contributed by atoms with Crippen molar-refractivity contribution in [1.29, 1.82) is 0 Å². The Hall–Kier alpha value is -2.88. The van der Waals surface area contributed by atoms with Gasteiger partial charge < -0.3 is 9.72 Å². The highest BCUT2D eigenvalue weighted by Gasteiger charge is 2.16. The standard InChI is InChI=1S/C18H16N2O2/c1-12-16(18(21)22-2)20-17(19-12)15-10-6-9-14(11-15)13-7-4-3-5-8-13/h3-11H,1-2H3,(H,19,20). The lowest BCUT2D eigenvalue weighted by atomic mass is 10.0. The van der Waals surface area contributed by atoms with E-state index < -0.39 is 5.97 Å². The van der Waals surface area contributed by atoms with E-state index in [4.69, 9.17) is 4.74 Å². The molecular formula is C18H16N2O2. The van der Waals surface area contributed by atoms with Crippen LogP contribution in [0.3, 0.4) is 0 Å². The number of benzene rings is 2. The monoisotopic (exact) mass is 292 g/mol. The number of ether oxygens (including phenoxy) is 1. The molecule has 3 aromatic rings. The molecule has 0 spiro atoms. The minimum Gasteiger partial charge on any atom is -0.464 e. The molecule has 110 valence electrons. The van der Waals surface area contributed by atoms with Crippen molar-refractivity contribution in [3.05, 3.63) is 66.0 Å². The van der Waals surface area contributed by atoms with Crippen molar-refractivity contribution in [3.63, 3.8) is 0 Å². The SMILES string of the molecule is COC(=O)c1nc(-c2cccc(-c3ccccc3)c2)[nH]c1C. The van der Waals surface area contributed by atoms with Gasteiger partial charge in [-0.1, -0.05) is 48.5 Å². The molecule has 4 heteroatoms. The number of hydrogen-bond donors (Lipinski definition) is 1. The van der Waals surface area contributed by atoms with Gasteiger partial charge >= 0.3 is 5.97 Å². The van der Waals surface area contributed by atoms with Crippen LogP contribution in [0, 0.1) is 6.92 Å². The lowest BCUT2D eigenvalue weighted by Crippen LogP contribution is -2.03. The number of H-pyrrole nitrogens is 1. The van der Waals surface area contributed by atoms with Crippen molar-refractivity contribution in [2.24, 2.45) is 0 Å². The first-order chi connectivity index (χ1) is 10.7. The van der Waals surface area contributed by atoms with Gasteiger partial charge in [0.25, 0.3) is 0 Å². The fourth-order valence-corrected chi connectivity index (χ4v) is 2.37. The van der Waals surface area contributed by atoms with Gasteiger partial charge in [-0.2, -0.15) is 0 Å². The van der Waals surface area contributed by atoms with Gasteiger partial charge in [0.05, 0.1) is 7.11 Å². The molecule has 4 nitrogen and oxygen atoms in total. The van der Waals surface area contributed by atoms with E-state index in [1.807, 2.05) is 37.3 Å². The van der Waals surface area contributed by atoms with Gasteiger partial charge in [0.15, 0.2) is 5.69 Å². The average Bonchev–Trinajstić information content (AvgIpc) is 2.97. The zero-order valence-corrected chi connectivity index (χ0v) is 12.5. The molecular weight excluding hydrogens is 276 g/mol. The number of carbonyl (C=O) groups excluding carboxylic acids is 1. The van der Waals surface area contributed by atoms with Crippen LogP contribution in [-0.2, 0) is 4.74 Å². The number of esters is 1. The summed E-state index contributed by atoms with van der Waals surface area (Å²) in [6.45, 7) is 1.81. The molecule has 0 amide bonds. The highest BCUT2D eigenvalue weighted by atomic mass is 16.5. The van der Waals surface area contributed by atoms with Crippen LogP contribution in [0.5, 0.6) is 0 Å². The third-order valence-corrected chi connectivity index (χ3v) is 3.51. The fourth-order valence-electron chi connectivity index (χ4n) is 2.37. The summed E-state index contributed by atoms with van der Waals surface area (Å²) in [5, 5.41) is 0. The van der Waals surface area contributed by atoms with Gasteiger partial charge in [-0.25, -0.2) is 9.78 Å². The van der Waals surface area contributed by atoms with Gasteiger partial charge in [-0.15, -0.1) is 0 Å². The first kappa shape index (κ1) is 14.1. The number of aromatic amines is 1. The lowest BCUT2D eigenvalue weighted by molar-refractivity contribution is 0.0594. The molecule has 0 aliphatic rings. The van der Waals surface area contributed by atoms with Gasteiger partial charge in [0.1, 0.15) is 5.82 Å². The number of nitrogens with zero attached hydrogens (tertiary/aromatic N) is 1. The Morgan fingerprint density at radius 3 is 2.41 bits per heavy atom. The van der Waals surface area contributed by atoms with E-state index in [0.29, 0.717) is 17.2 Å². The second-order valence-electron chi connectivity index (χ2n) is 5.00. The Balaban J connectivity index is 2.01. The van der Waals surface area contributed by atoms with E-state index in [1.165, 1.54) is 7.11 Å². The van der Waals surface area contributed by atoms with Gasteiger partial charge in [-0.3, -0.25) is 0 Å². The van der Waals surface area contributed by atoms with Crippen LogP contribution in [0.15, 0.2) is 54.6 Å². The van der Waals surface area contributed by atoms with Crippen molar-refractivity contribution in [3.8, 4) is 22.5 Å². The van der Waals surface area contributed by atoms with Crippen LogP contribution in [-0.4, -0.2) is 23.0 Å². The average molecular weight is 292 g/mol. The molecule has 1 heterocycles. The molecule has 0 aliphatic carbocycles. The number of nitrogens with one attached hydrogen (secondary N) is 1. The zero-order valence-electron chi connectivity index (χ0n) is 12.5. The molecule has 0 aliphatic heterocycles. The first-order valence-corrected chi connectivity index (χ1v) is 7.00. The molecule has 0 fully saturated rings. The number of carbonyl (C=O) groups is 1. The highest BCUT2D eigenvalue weighted by molar-refractivity contribution is 5.89. The topological polar surface area (TPSA) is 55.0 Å². The number of aryl methyl sites for hydroxylation is 1. The molecule has 0 unspecified atom stereocenters. The van der Waals surface area contributed by atoms with Crippen LogP contribution in [0.1, 0.15) is 16.2 Å². The maximum Gasteiger partial charge on any atom is 0.358 e. The third-order valence-electron chi connectivity index (χ3n) is 3.51. The summed E-state index contributed by atoms with van der Waals surface area (Å²) in [6.07, 6.45) is 0. The maximum atomic E-state index is 11.7. The smallest absolute Gasteiger partial charge is 0.358 e.